The first-order valence-electron chi connectivity index (χ1n) is 5.16. The number of nitrogens with zero attached hydrogens (tertiary/aromatic N) is 3. The molecule has 0 aliphatic heterocycles. The van der Waals surface area contributed by atoms with Gasteiger partial charge < -0.3 is 0 Å². The monoisotopic (exact) mass is 247 g/mol. The molecule has 0 unspecified atom stereocenters. The van der Waals surface area contributed by atoms with Crippen LogP contribution in [0.2, 0.25) is 0 Å². The summed E-state index contributed by atoms with van der Waals surface area (Å²) in [6.45, 7) is 1.91. The standard InChI is InChI=1S/C12H13N3OS/c1-8-4-5-9(6-13-8)10-7-14-12(17-3)15(2)11(10)16/h4-7H,1-3H3. The lowest BCUT2D eigenvalue weighted by Crippen LogP contribution is -2.21. The van der Waals surface area contributed by atoms with E-state index in [9.17, 15) is 4.79 Å². The van der Waals surface area contributed by atoms with E-state index in [1.165, 1.54) is 11.8 Å². The molecule has 2 rings (SSSR count). The molecule has 0 fully saturated rings. The second-order valence-corrected chi connectivity index (χ2v) is 4.48. The van der Waals surface area contributed by atoms with Crippen LogP contribution in [0.3, 0.4) is 0 Å². The van der Waals surface area contributed by atoms with E-state index in [1.54, 1.807) is 24.0 Å². The van der Waals surface area contributed by atoms with Crippen LogP contribution >= 0.6 is 11.8 Å². The van der Waals surface area contributed by atoms with Crippen LogP contribution in [0.5, 0.6) is 0 Å². The Hall–Kier alpha value is -1.62. The van der Waals surface area contributed by atoms with E-state index in [-0.39, 0.29) is 5.56 Å². The average molecular weight is 247 g/mol. The van der Waals surface area contributed by atoms with Gasteiger partial charge in [0.05, 0.1) is 5.56 Å². The Kier molecular flexibility index (Phi) is 3.28. The Labute approximate surface area is 104 Å². The minimum atomic E-state index is -0.0463. The van der Waals surface area contributed by atoms with Crippen LogP contribution in [-0.4, -0.2) is 20.8 Å². The molecule has 2 aromatic heterocycles. The van der Waals surface area contributed by atoms with Gasteiger partial charge in [-0.3, -0.25) is 14.3 Å². The summed E-state index contributed by atoms with van der Waals surface area (Å²) >= 11 is 1.45. The molecule has 0 saturated carbocycles. The number of pyridine rings is 1. The lowest BCUT2D eigenvalue weighted by molar-refractivity contribution is 0.712. The first-order valence-corrected chi connectivity index (χ1v) is 6.39. The van der Waals surface area contributed by atoms with Gasteiger partial charge in [0.25, 0.3) is 5.56 Å². The molecule has 0 aliphatic rings. The number of hydrogen-bond donors (Lipinski definition) is 0. The highest BCUT2D eigenvalue weighted by Crippen LogP contribution is 2.15. The molecule has 0 radical (unpaired) electrons. The van der Waals surface area contributed by atoms with Gasteiger partial charge in [-0.05, 0) is 19.2 Å². The Balaban J connectivity index is 2.57. The largest absolute Gasteiger partial charge is 0.290 e. The van der Waals surface area contributed by atoms with Crippen molar-refractivity contribution >= 4 is 11.8 Å². The zero-order valence-electron chi connectivity index (χ0n) is 9.97. The number of thioether (sulfide) groups is 1. The Morgan fingerprint density at radius 3 is 2.59 bits per heavy atom. The lowest BCUT2D eigenvalue weighted by Gasteiger charge is -2.07. The normalized spacial score (nSPS) is 10.5. The fraction of sp³-hybridized carbons (Fsp3) is 0.250. The van der Waals surface area contributed by atoms with Gasteiger partial charge in [0.15, 0.2) is 5.16 Å². The van der Waals surface area contributed by atoms with Gasteiger partial charge in [-0.1, -0.05) is 17.8 Å². The Morgan fingerprint density at radius 2 is 2.00 bits per heavy atom. The van der Waals surface area contributed by atoms with Crippen molar-refractivity contribution in [3.8, 4) is 11.1 Å². The van der Waals surface area contributed by atoms with E-state index < -0.39 is 0 Å². The summed E-state index contributed by atoms with van der Waals surface area (Å²) in [4.78, 5) is 20.6. The zero-order valence-corrected chi connectivity index (χ0v) is 10.8. The van der Waals surface area contributed by atoms with Gasteiger partial charge in [0.2, 0.25) is 0 Å². The van der Waals surface area contributed by atoms with Crippen molar-refractivity contribution < 1.29 is 0 Å². The van der Waals surface area contributed by atoms with Crippen LogP contribution in [0.4, 0.5) is 0 Å². The number of aromatic nitrogens is 3. The van der Waals surface area contributed by atoms with E-state index in [0.717, 1.165) is 11.3 Å². The van der Waals surface area contributed by atoms with Crippen molar-refractivity contribution in [3.05, 3.63) is 40.6 Å². The summed E-state index contributed by atoms with van der Waals surface area (Å²) in [7, 11) is 1.73. The number of aryl methyl sites for hydroxylation is 1. The summed E-state index contributed by atoms with van der Waals surface area (Å²) in [6.07, 6.45) is 5.21. The quantitative estimate of drug-likeness (QED) is 0.600. The van der Waals surface area contributed by atoms with Crippen LogP contribution in [0.15, 0.2) is 34.5 Å². The molecule has 88 valence electrons. The molecular formula is C12H13N3OS. The van der Waals surface area contributed by atoms with Crippen molar-refractivity contribution in [2.24, 2.45) is 7.05 Å². The van der Waals surface area contributed by atoms with Crippen LogP contribution in [0.1, 0.15) is 5.69 Å². The second kappa shape index (κ2) is 4.71. The van der Waals surface area contributed by atoms with Gasteiger partial charge in [-0.15, -0.1) is 0 Å². The maximum atomic E-state index is 12.1. The predicted molar refractivity (Wildman–Crippen MR) is 69.2 cm³/mol. The van der Waals surface area contributed by atoms with E-state index >= 15 is 0 Å². The SMILES string of the molecule is CSc1ncc(-c2ccc(C)nc2)c(=O)n1C. The van der Waals surface area contributed by atoms with Crippen molar-refractivity contribution in [3.63, 3.8) is 0 Å². The molecule has 5 heteroatoms. The van der Waals surface area contributed by atoms with Crippen LogP contribution < -0.4 is 5.56 Å². The number of hydrogen-bond acceptors (Lipinski definition) is 4. The van der Waals surface area contributed by atoms with E-state index in [1.807, 2.05) is 25.3 Å². The van der Waals surface area contributed by atoms with Crippen molar-refractivity contribution in [2.75, 3.05) is 6.26 Å². The molecule has 17 heavy (non-hydrogen) atoms. The summed E-state index contributed by atoms with van der Waals surface area (Å²) < 4.78 is 1.56. The van der Waals surface area contributed by atoms with Crippen LogP contribution in [-0.2, 0) is 7.05 Å². The molecule has 0 spiro atoms. The summed E-state index contributed by atoms with van der Waals surface area (Å²) in [5.41, 5.74) is 2.27. The predicted octanol–water partition coefficient (Wildman–Crippen LogP) is 1.87. The molecule has 2 heterocycles. The molecule has 0 aliphatic carbocycles. The third-order valence-electron chi connectivity index (χ3n) is 2.53. The van der Waals surface area contributed by atoms with Gasteiger partial charge in [-0.25, -0.2) is 4.98 Å². The second-order valence-electron chi connectivity index (χ2n) is 3.71. The highest BCUT2D eigenvalue weighted by Gasteiger charge is 2.08. The first-order chi connectivity index (χ1) is 8.13. The van der Waals surface area contributed by atoms with Gasteiger partial charge >= 0.3 is 0 Å². The topological polar surface area (TPSA) is 47.8 Å². The minimum absolute atomic E-state index is 0.0463. The summed E-state index contributed by atoms with van der Waals surface area (Å²) in [5, 5.41) is 0.707. The Bertz CT molecular complexity index is 590. The molecule has 0 bridgehead atoms. The van der Waals surface area contributed by atoms with E-state index in [0.29, 0.717) is 10.7 Å². The maximum absolute atomic E-state index is 12.1. The van der Waals surface area contributed by atoms with Crippen molar-refractivity contribution in [1.82, 2.24) is 14.5 Å². The van der Waals surface area contributed by atoms with Gasteiger partial charge in [0, 0.05) is 30.7 Å². The molecular weight excluding hydrogens is 234 g/mol. The first kappa shape index (κ1) is 11.9. The Morgan fingerprint density at radius 1 is 1.24 bits per heavy atom. The molecule has 0 amide bonds. The van der Waals surface area contributed by atoms with Crippen molar-refractivity contribution in [1.29, 1.82) is 0 Å². The average Bonchev–Trinajstić information content (AvgIpc) is 2.34. The van der Waals surface area contributed by atoms with Gasteiger partial charge in [-0.2, -0.15) is 0 Å². The smallest absolute Gasteiger partial charge is 0.261 e. The molecule has 4 nitrogen and oxygen atoms in total. The highest BCUT2D eigenvalue weighted by atomic mass is 32.2. The van der Waals surface area contributed by atoms with E-state index in [2.05, 4.69) is 9.97 Å². The molecule has 0 saturated heterocycles. The highest BCUT2D eigenvalue weighted by molar-refractivity contribution is 7.98. The van der Waals surface area contributed by atoms with Crippen molar-refractivity contribution in [2.45, 2.75) is 12.1 Å². The lowest BCUT2D eigenvalue weighted by atomic mass is 10.1. The molecule has 0 N–H and O–H groups in total. The molecule has 0 aromatic carbocycles. The maximum Gasteiger partial charge on any atom is 0.261 e. The molecule has 0 atom stereocenters. The molecule has 2 aromatic rings. The minimum Gasteiger partial charge on any atom is -0.290 e. The number of rotatable bonds is 2. The van der Waals surface area contributed by atoms with Crippen LogP contribution in [0.25, 0.3) is 11.1 Å². The summed E-state index contributed by atoms with van der Waals surface area (Å²) in [5.74, 6) is 0. The zero-order chi connectivity index (χ0) is 12.4. The summed E-state index contributed by atoms with van der Waals surface area (Å²) in [6, 6.07) is 3.77. The van der Waals surface area contributed by atoms with E-state index in [4.69, 9.17) is 0 Å². The van der Waals surface area contributed by atoms with Crippen LogP contribution in [0, 0.1) is 6.92 Å². The third kappa shape index (κ3) is 2.24. The van der Waals surface area contributed by atoms with Gasteiger partial charge in [0.1, 0.15) is 0 Å². The third-order valence-corrected chi connectivity index (χ3v) is 3.28. The fourth-order valence-electron chi connectivity index (χ4n) is 1.54. The fourth-order valence-corrected chi connectivity index (χ4v) is 2.06.